The summed E-state index contributed by atoms with van der Waals surface area (Å²) in [5, 5.41) is 13.3. The van der Waals surface area contributed by atoms with E-state index in [2.05, 4.69) is 21.2 Å². The van der Waals surface area contributed by atoms with Gasteiger partial charge >= 0.3 is 0 Å². The molecule has 1 aliphatic carbocycles. The Morgan fingerprint density at radius 2 is 2.06 bits per heavy atom. The van der Waals surface area contributed by atoms with Gasteiger partial charge in [0.25, 0.3) is 5.69 Å². The molecule has 0 aromatic heterocycles. The zero-order chi connectivity index (χ0) is 11.9. The standard InChI is InChI=1S/C9H7BrF2N2O2/c10-5-3-6(14(15)16)9(8(12)7(5)11)13-4-1-2-4/h3-4,13H,1-2H2. The zero-order valence-electron chi connectivity index (χ0n) is 7.97. The summed E-state index contributed by atoms with van der Waals surface area (Å²) in [5.74, 6) is -2.33. The van der Waals surface area contributed by atoms with Crippen LogP contribution in [0.4, 0.5) is 20.2 Å². The smallest absolute Gasteiger partial charge is 0.296 e. The number of nitrogens with one attached hydrogen (secondary N) is 1. The van der Waals surface area contributed by atoms with E-state index in [1.807, 2.05) is 0 Å². The first-order chi connectivity index (χ1) is 7.50. The fourth-order valence-electron chi connectivity index (χ4n) is 1.30. The third kappa shape index (κ3) is 1.99. The van der Waals surface area contributed by atoms with Gasteiger partial charge in [-0.15, -0.1) is 0 Å². The molecule has 0 atom stereocenters. The topological polar surface area (TPSA) is 55.2 Å². The van der Waals surface area contributed by atoms with Crippen molar-refractivity contribution in [2.24, 2.45) is 0 Å². The second-order valence-corrected chi connectivity index (χ2v) is 4.41. The maximum atomic E-state index is 13.5. The molecule has 1 fully saturated rings. The predicted octanol–water partition coefficient (Wildman–Crippen LogP) is 3.21. The number of hydrogen-bond acceptors (Lipinski definition) is 3. The van der Waals surface area contributed by atoms with Crippen molar-refractivity contribution in [1.29, 1.82) is 0 Å². The Hall–Kier alpha value is -1.24. The Balaban J connectivity index is 2.51. The molecule has 86 valence electrons. The summed E-state index contributed by atoms with van der Waals surface area (Å²) < 4.78 is 26.5. The lowest BCUT2D eigenvalue weighted by Crippen LogP contribution is -2.08. The van der Waals surface area contributed by atoms with E-state index in [0.29, 0.717) is 0 Å². The summed E-state index contributed by atoms with van der Waals surface area (Å²) in [7, 11) is 0. The Morgan fingerprint density at radius 1 is 1.44 bits per heavy atom. The van der Waals surface area contributed by atoms with E-state index >= 15 is 0 Å². The highest BCUT2D eigenvalue weighted by molar-refractivity contribution is 9.10. The van der Waals surface area contributed by atoms with Crippen LogP contribution in [0.2, 0.25) is 0 Å². The van der Waals surface area contributed by atoms with Crippen LogP contribution < -0.4 is 5.32 Å². The highest BCUT2D eigenvalue weighted by Gasteiger charge is 2.30. The molecular formula is C9H7BrF2N2O2. The summed E-state index contributed by atoms with van der Waals surface area (Å²) in [6.07, 6.45) is 1.63. The molecule has 1 N–H and O–H groups in total. The normalized spacial score (nSPS) is 14.9. The lowest BCUT2D eigenvalue weighted by Gasteiger charge is -2.08. The molecule has 16 heavy (non-hydrogen) atoms. The molecule has 0 aliphatic heterocycles. The number of nitro groups is 1. The maximum absolute atomic E-state index is 13.5. The Morgan fingerprint density at radius 3 is 2.56 bits per heavy atom. The first-order valence-corrected chi connectivity index (χ1v) is 5.38. The number of hydrogen-bond donors (Lipinski definition) is 1. The third-order valence-electron chi connectivity index (χ3n) is 2.26. The lowest BCUT2D eigenvalue weighted by atomic mass is 10.2. The van der Waals surface area contributed by atoms with Crippen molar-refractivity contribution in [2.45, 2.75) is 18.9 Å². The summed E-state index contributed by atoms with van der Waals surface area (Å²) in [6.45, 7) is 0. The molecule has 1 saturated carbocycles. The van der Waals surface area contributed by atoms with Crippen LogP contribution >= 0.6 is 15.9 Å². The monoisotopic (exact) mass is 292 g/mol. The molecule has 0 bridgehead atoms. The van der Waals surface area contributed by atoms with E-state index in [-0.39, 0.29) is 16.2 Å². The van der Waals surface area contributed by atoms with Gasteiger partial charge in [0.15, 0.2) is 17.3 Å². The first kappa shape index (κ1) is 11.3. The molecule has 0 spiro atoms. The predicted molar refractivity (Wildman–Crippen MR) is 57.4 cm³/mol. The highest BCUT2D eigenvalue weighted by atomic mass is 79.9. The van der Waals surface area contributed by atoms with Gasteiger partial charge in [0.05, 0.1) is 9.40 Å². The van der Waals surface area contributed by atoms with Gasteiger partial charge in [-0.1, -0.05) is 0 Å². The molecule has 2 rings (SSSR count). The molecule has 1 aromatic rings. The second kappa shape index (κ2) is 3.97. The van der Waals surface area contributed by atoms with Crippen molar-refractivity contribution >= 4 is 27.3 Å². The molecule has 1 aromatic carbocycles. The largest absolute Gasteiger partial charge is 0.374 e. The van der Waals surface area contributed by atoms with Crippen LogP contribution in [0.5, 0.6) is 0 Å². The fraction of sp³-hybridized carbons (Fsp3) is 0.333. The van der Waals surface area contributed by atoms with E-state index < -0.39 is 22.2 Å². The Bertz CT molecular complexity index is 463. The zero-order valence-corrected chi connectivity index (χ0v) is 9.55. The van der Waals surface area contributed by atoms with Crippen molar-refractivity contribution in [2.75, 3.05) is 5.32 Å². The van der Waals surface area contributed by atoms with Crippen LogP contribution in [0.1, 0.15) is 12.8 Å². The van der Waals surface area contributed by atoms with Crippen molar-refractivity contribution in [3.63, 3.8) is 0 Å². The highest BCUT2D eigenvalue weighted by Crippen LogP contribution is 2.37. The average Bonchev–Trinajstić information content (AvgIpc) is 3.02. The number of benzene rings is 1. The number of anilines is 1. The van der Waals surface area contributed by atoms with Crippen molar-refractivity contribution in [3.8, 4) is 0 Å². The molecule has 4 nitrogen and oxygen atoms in total. The summed E-state index contributed by atoms with van der Waals surface area (Å²) in [5.41, 5.74) is -0.828. The van der Waals surface area contributed by atoms with E-state index in [1.54, 1.807) is 0 Å². The molecule has 0 heterocycles. The summed E-state index contributed by atoms with van der Waals surface area (Å²) in [6, 6.07) is 0.970. The van der Waals surface area contributed by atoms with Crippen molar-refractivity contribution in [3.05, 3.63) is 32.3 Å². The van der Waals surface area contributed by atoms with Crippen LogP contribution in [0.15, 0.2) is 10.5 Å². The lowest BCUT2D eigenvalue weighted by molar-refractivity contribution is -0.384. The Kier molecular flexibility index (Phi) is 2.79. The van der Waals surface area contributed by atoms with Crippen molar-refractivity contribution in [1.82, 2.24) is 0 Å². The van der Waals surface area contributed by atoms with Gasteiger partial charge < -0.3 is 5.32 Å². The molecule has 1 aliphatic rings. The summed E-state index contributed by atoms with van der Waals surface area (Å²) >= 11 is 2.73. The fourth-order valence-corrected chi connectivity index (χ4v) is 1.69. The molecule has 0 radical (unpaired) electrons. The molecule has 0 unspecified atom stereocenters. The van der Waals surface area contributed by atoms with Crippen molar-refractivity contribution < 1.29 is 13.7 Å². The van der Waals surface area contributed by atoms with Gasteiger partial charge in [-0.2, -0.15) is 0 Å². The van der Waals surface area contributed by atoms with E-state index in [9.17, 15) is 18.9 Å². The van der Waals surface area contributed by atoms with Gasteiger partial charge in [0, 0.05) is 12.1 Å². The minimum atomic E-state index is -1.21. The van der Waals surface area contributed by atoms with Crippen LogP contribution in [-0.2, 0) is 0 Å². The van der Waals surface area contributed by atoms with E-state index in [1.165, 1.54) is 0 Å². The second-order valence-electron chi connectivity index (χ2n) is 3.56. The van der Waals surface area contributed by atoms with Gasteiger partial charge in [-0.05, 0) is 28.8 Å². The summed E-state index contributed by atoms with van der Waals surface area (Å²) in [4.78, 5) is 9.96. The van der Waals surface area contributed by atoms with Crippen LogP contribution in [0.3, 0.4) is 0 Å². The SMILES string of the molecule is O=[N+]([O-])c1cc(Br)c(F)c(F)c1NC1CC1. The van der Waals surface area contributed by atoms with Crippen LogP contribution in [0, 0.1) is 21.7 Å². The minimum Gasteiger partial charge on any atom is -0.374 e. The van der Waals surface area contributed by atoms with Gasteiger partial charge in [-0.3, -0.25) is 10.1 Å². The van der Waals surface area contributed by atoms with E-state index in [0.717, 1.165) is 18.9 Å². The quantitative estimate of drug-likeness (QED) is 0.529. The molecule has 0 saturated heterocycles. The molecule has 0 amide bonds. The first-order valence-electron chi connectivity index (χ1n) is 4.59. The number of halogens is 3. The van der Waals surface area contributed by atoms with Crippen LogP contribution in [0.25, 0.3) is 0 Å². The average molecular weight is 293 g/mol. The van der Waals surface area contributed by atoms with Gasteiger partial charge in [-0.25, -0.2) is 8.78 Å². The Labute approximate surface area is 97.9 Å². The van der Waals surface area contributed by atoms with Crippen LogP contribution in [-0.4, -0.2) is 11.0 Å². The number of nitro benzene ring substituents is 1. The van der Waals surface area contributed by atoms with Gasteiger partial charge in [0.2, 0.25) is 0 Å². The third-order valence-corrected chi connectivity index (χ3v) is 2.84. The van der Waals surface area contributed by atoms with Gasteiger partial charge in [0.1, 0.15) is 0 Å². The minimum absolute atomic E-state index is 0.00813. The molecule has 7 heteroatoms. The number of rotatable bonds is 3. The molecular weight excluding hydrogens is 286 g/mol. The maximum Gasteiger partial charge on any atom is 0.296 e. The number of nitrogens with zero attached hydrogens (tertiary/aromatic N) is 1. The van der Waals surface area contributed by atoms with E-state index in [4.69, 9.17) is 0 Å².